The Balaban J connectivity index is 0.00000400. The van der Waals surface area contributed by atoms with Gasteiger partial charge >= 0.3 is 0 Å². The van der Waals surface area contributed by atoms with E-state index in [0.29, 0.717) is 20.1 Å². The number of fused-ring (bicyclic) bond motifs is 4. The molecule has 0 aliphatic carbocycles. The molecule has 53 heavy (non-hydrogen) atoms. The van der Waals surface area contributed by atoms with Crippen LogP contribution >= 0.6 is 46.4 Å². The van der Waals surface area contributed by atoms with E-state index in [1.165, 1.54) is 0 Å². The molecule has 4 aromatic rings. The monoisotopic (exact) mass is 778 g/mol. The lowest BCUT2D eigenvalue weighted by Gasteiger charge is -2.17. The average molecular weight is 781 g/mol. The average Bonchev–Trinajstić information content (AvgIpc) is 3.95. The molecule has 0 unspecified atom stereocenters. The topological polar surface area (TPSA) is 49.4 Å². The number of hydrogen-bond acceptors (Lipinski definition) is 4. The number of benzene rings is 4. The summed E-state index contributed by atoms with van der Waals surface area (Å²) in [4.78, 5) is 20.7. The zero-order valence-electron chi connectivity index (χ0n) is 27.2. The maximum absolute atomic E-state index is 6.49. The quantitative estimate of drug-likeness (QED) is 0.185. The first kappa shape index (κ1) is 35.2. The molecule has 0 amide bonds. The third-order valence-electron chi connectivity index (χ3n) is 9.03. The van der Waals surface area contributed by atoms with Gasteiger partial charge in [0.2, 0.25) is 0 Å². The number of halogens is 4. The SMILES string of the molecule is Clc1ccc(C2=CC3=CC4=NC(=CC5=NC(=CC6=NC(=C(c7ccc(Cl)cc7)C2=N3)C(c2ccc(Cl)cc2)=C6c2ccc(Cl)cc2)C=C5)C=C4)cc1.[AlH3]. The van der Waals surface area contributed by atoms with Gasteiger partial charge in [-0.25, -0.2) is 20.0 Å². The fraction of sp³-hybridized carbons (Fsp3) is 0. The molecule has 0 aromatic heterocycles. The Labute approximate surface area is 337 Å². The summed E-state index contributed by atoms with van der Waals surface area (Å²) in [5.74, 6) is 0. The zero-order valence-corrected chi connectivity index (χ0v) is 30.2. The van der Waals surface area contributed by atoms with Gasteiger partial charge in [0.15, 0.2) is 17.4 Å². The summed E-state index contributed by atoms with van der Waals surface area (Å²) < 4.78 is 0. The lowest BCUT2D eigenvalue weighted by Crippen LogP contribution is -2.07. The molecule has 5 aliphatic heterocycles. The lowest BCUT2D eigenvalue weighted by atomic mass is 9.86. The number of aliphatic imine (C=N–C) groups is 4. The van der Waals surface area contributed by atoms with E-state index in [0.717, 1.165) is 90.2 Å². The molecule has 0 fully saturated rings. The first-order chi connectivity index (χ1) is 25.3. The van der Waals surface area contributed by atoms with Gasteiger partial charge in [-0.1, -0.05) is 94.9 Å². The minimum atomic E-state index is 0. The maximum atomic E-state index is 6.49. The number of allylic oxidation sites excluding steroid dienone is 12. The highest BCUT2D eigenvalue weighted by Gasteiger charge is 2.33. The second kappa shape index (κ2) is 14.5. The molecule has 4 nitrogen and oxygen atoms in total. The molecular formula is C44H27AlCl4N4. The zero-order chi connectivity index (χ0) is 35.3. The molecule has 8 bridgehead atoms. The van der Waals surface area contributed by atoms with Crippen LogP contribution in [0.15, 0.2) is 188 Å². The number of rotatable bonds is 4. The second-order valence-corrected chi connectivity index (χ2v) is 14.2. The molecule has 0 saturated heterocycles. The highest BCUT2D eigenvalue weighted by molar-refractivity contribution is 6.50. The van der Waals surface area contributed by atoms with Crippen molar-refractivity contribution in [3.8, 4) is 0 Å². The van der Waals surface area contributed by atoms with Crippen molar-refractivity contribution in [1.29, 1.82) is 0 Å². The highest BCUT2D eigenvalue weighted by Crippen LogP contribution is 2.46. The first-order valence-corrected chi connectivity index (χ1v) is 18.0. The van der Waals surface area contributed by atoms with Gasteiger partial charge in [0.1, 0.15) is 0 Å². The van der Waals surface area contributed by atoms with Crippen LogP contribution in [-0.4, -0.2) is 40.2 Å². The Kier molecular flexibility index (Phi) is 9.66. The summed E-state index contributed by atoms with van der Waals surface area (Å²) in [5, 5.41) is 2.54. The third-order valence-corrected chi connectivity index (χ3v) is 10.0. The Bertz CT molecular complexity index is 2590. The third kappa shape index (κ3) is 7.01. The standard InChI is InChI=1S/C44H24Cl4N4.Al.3H/c45-29-9-1-25(2-10-29)38-23-37-22-35-18-17-33(49-35)21-34-19-20-36(50-34)24-39-40(26-3-11-30(46)12-4-26)41(27-5-13-31(47)14-6-27)44(52-39)42(43(38)51-37)28-7-15-32(48)16-8-28;;;;/h1-24H;;;;. The number of nitrogens with zero attached hydrogens (tertiary/aromatic N) is 4. The summed E-state index contributed by atoms with van der Waals surface area (Å²) in [6.45, 7) is 0. The van der Waals surface area contributed by atoms with Crippen LogP contribution in [0, 0.1) is 0 Å². The Hall–Kier alpha value is -4.83. The predicted molar refractivity (Wildman–Crippen MR) is 230 cm³/mol. The first-order valence-electron chi connectivity index (χ1n) is 16.5. The van der Waals surface area contributed by atoms with Crippen LogP contribution in [0.2, 0.25) is 20.1 Å². The van der Waals surface area contributed by atoms with Crippen molar-refractivity contribution in [2.75, 3.05) is 0 Å². The molecule has 5 aliphatic rings. The minimum Gasteiger partial charge on any atom is -0.249 e. The van der Waals surface area contributed by atoms with E-state index in [2.05, 4.69) is 6.08 Å². The van der Waals surface area contributed by atoms with Crippen LogP contribution in [-0.2, 0) is 0 Å². The van der Waals surface area contributed by atoms with E-state index in [4.69, 9.17) is 66.4 Å². The van der Waals surface area contributed by atoms with Gasteiger partial charge in [0.05, 0.1) is 45.6 Å². The van der Waals surface area contributed by atoms with Crippen LogP contribution < -0.4 is 0 Å². The van der Waals surface area contributed by atoms with Gasteiger partial charge in [-0.05, 0) is 119 Å². The van der Waals surface area contributed by atoms with E-state index < -0.39 is 0 Å². The van der Waals surface area contributed by atoms with E-state index in [1.54, 1.807) is 0 Å². The van der Waals surface area contributed by atoms with Gasteiger partial charge in [-0.2, -0.15) is 0 Å². The van der Waals surface area contributed by atoms with E-state index in [-0.39, 0.29) is 17.4 Å². The van der Waals surface area contributed by atoms with Crippen molar-refractivity contribution >= 4 is 109 Å². The van der Waals surface area contributed by atoms with Crippen LogP contribution in [0.1, 0.15) is 22.3 Å². The van der Waals surface area contributed by atoms with Crippen molar-refractivity contribution in [3.63, 3.8) is 0 Å². The van der Waals surface area contributed by atoms with Crippen molar-refractivity contribution in [2.24, 2.45) is 20.0 Å². The van der Waals surface area contributed by atoms with E-state index in [1.807, 2.05) is 140 Å². The van der Waals surface area contributed by atoms with E-state index in [9.17, 15) is 0 Å². The van der Waals surface area contributed by atoms with Crippen molar-refractivity contribution in [1.82, 2.24) is 0 Å². The van der Waals surface area contributed by atoms with E-state index >= 15 is 0 Å². The fourth-order valence-corrected chi connectivity index (χ4v) is 7.18. The second-order valence-electron chi connectivity index (χ2n) is 12.5. The Morgan fingerprint density at radius 2 is 0.792 bits per heavy atom. The Morgan fingerprint density at radius 1 is 0.358 bits per heavy atom. The molecule has 5 heterocycles. The predicted octanol–water partition coefficient (Wildman–Crippen LogP) is 11.1. The maximum Gasteiger partial charge on any atom is 0.187 e. The van der Waals surface area contributed by atoms with Gasteiger partial charge < -0.3 is 0 Å². The number of hydrogen-bond donors (Lipinski definition) is 0. The molecule has 0 saturated carbocycles. The molecule has 9 heteroatoms. The smallest absolute Gasteiger partial charge is 0.187 e. The van der Waals surface area contributed by atoms with Crippen molar-refractivity contribution in [2.45, 2.75) is 0 Å². The lowest BCUT2D eigenvalue weighted by molar-refractivity contribution is 1.41. The molecule has 254 valence electrons. The summed E-state index contributed by atoms with van der Waals surface area (Å²) in [5.41, 5.74) is 13.4. The highest BCUT2D eigenvalue weighted by atomic mass is 35.5. The van der Waals surface area contributed by atoms with Gasteiger partial charge in [-0.15, -0.1) is 0 Å². The molecular weight excluding hydrogens is 753 g/mol. The largest absolute Gasteiger partial charge is 0.249 e. The summed E-state index contributed by atoms with van der Waals surface area (Å²) in [6, 6.07) is 31.3. The van der Waals surface area contributed by atoms with Crippen LogP contribution in [0.5, 0.6) is 0 Å². The molecule has 4 aromatic carbocycles. The molecule has 0 spiro atoms. The molecule has 0 atom stereocenters. The Morgan fingerprint density at radius 3 is 1.32 bits per heavy atom. The molecule has 9 rings (SSSR count). The van der Waals surface area contributed by atoms with Gasteiger partial charge in [0, 0.05) is 42.4 Å². The normalized spacial score (nSPS) is 17.1. The van der Waals surface area contributed by atoms with Crippen molar-refractivity contribution < 1.29 is 0 Å². The van der Waals surface area contributed by atoms with Crippen molar-refractivity contribution in [3.05, 3.63) is 211 Å². The summed E-state index contributed by atoms with van der Waals surface area (Å²) in [6.07, 6.45) is 16.0. The summed E-state index contributed by atoms with van der Waals surface area (Å²) in [7, 11) is 0. The van der Waals surface area contributed by atoms with Crippen LogP contribution in [0.4, 0.5) is 0 Å². The molecule has 0 N–H and O–H groups in total. The molecule has 0 radical (unpaired) electrons. The summed E-state index contributed by atoms with van der Waals surface area (Å²) >= 11 is 25.8. The van der Waals surface area contributed by atoms with Crippen LogP contribution in [0.3, 0.4) is 0 Å². The van der Waals surface area contributed by atoms with Crippen LogP contribution in [0.25, 0.3) is 22.3 Å². The van der Waals surface area contributed by atoms with Gasteiger partial charge in [-0.3, -0.25) is 0 Å². The minimum absolute atomic E-state index is 0. The van der Waals surface area contributed by atoms with Gasteiger partial charge in [0.25, 0.3) is 0 Å². The fourth-order valence-electron chi connectivity index (χ4n) is 6.68.